The maximum absolute atomic E-state index is 2.36. The predicted octanol–water partition coefficient (Wildman–Crippen LogP) is 8.60. The lowest BCUT2D eigenvalue weighted by Crippen LogP contribution is -2.08. The molecule has 0 spiro atoms. The second kappa shape index (κ2) is 21.9. The maximum Gasteiger partial charge on any atom is 0.212 e. The molecule has 0 aliphatic carbocycles. The smallest absolute Gasteiger partial charge is 0.0979 e. The molecule has 3 heteroatoms. The minimum absolute atomic E-state index is 0.740. The summed E-state index contributed by atoms with van der Waals surface area (Å²) in [6, 6.07) is 32.7. The Morgan fingerprint density at radius 2 is 0.615 bits per heavy atom. The normalized spacial score (nSPS) is 15.2. The second-order valence-electron chi connectivity index (χ2n) is 11.3. The van der Waals surface area contributed by atoms with Gasteiger partial charge in [0, 0.05) is 0 Å². The monoisotopic (exact) mass is 570 g/mol. The van der Waals surface area contributed by atoms with E-state index in [1.54, 1.807) is 0 Å². The highest BCUT2D eigenvalue weighted by molar-refractivity contribution is 6.09. The third-order valence-electron chi connectivity index (χ3n) is 9.24. The molecule has 6 unspecified atom stereocenters. The van der Waals surface area contributed by atoms with Crippen LogP contribution in [0.25, 0.3) is 0 Å². The molecular weight excluding hydrogens is 513 g/mol. The lowest BCUT2D eigenvalue weighted by molar-refractivity contribution is 0.473. The van der Waals surface area contributed by atoms with E-state index >= 15 is 0 Å². The van der Waals surface area contributed by atoms with Crippen molar-refractivity contribution in [2.24, 2.45) is 17.8 Å². The van der Waals surface area contributed by atoms with Gasteiger partial charge in [0.25, 0.3) is 0 Å². The Bertz CT molecular complexity index is 806. The van der Waals surface area contributed by atoms with E-state index in [0.29, 0.717) is 0 Å². The van der Waals surface area contributed by atoms with Crippen LogP contribution in [0.15, 0.2) is 91.0 Å². The minimum Gasteiger partial charge on any atom is -0.0979 e. The average Bonchev–Trinajstić information content (AvgIpc) is 3.01. The van der Waals surface area contributed by atoms with E-state index < -0.39 is 0 Å². The van der Waals surface area contributed by atoms with Crippen molar-refractivity contribution in [3.05, 3.63) is 108 Å². The Morgan fingerprint density at radius 3 is 0.769 bits per heavy atom. The van der Waals surface area contributed by atoms with Crippen LogP contribution >= 0.6 is 0 Å². The van der Waals surface area contributed by atoms with Gasteiger partial charge in [-0.15, -0.1) is 0 Å². The molecule has 0 heterocycles. The van der Waals surface area contributed by atoms with Crippen LogP contribution in [0.2, 0.25) is 15.8 Å². The van der Waals surface area contributed by atoms with Crippen molar-refractivity contribution in [2.45, 2.75) is 94.4 Å². The maximum atomic E-state index is 2.36. The molecule has 6 atom stereocenters. The second-order valence-corrected chi connectivity index (χ2v) is 13.8. The Labute approximate surface area is 267 Å². The molecule has 0 nitrogen and oxygen atoms in total. The quantitative estimate of drug-likeness (QED) is 0.191. The van der Waals surface area contributed by atoms with Gasteiger partial charge in [-0.1, -0.05) is 168 Å². The molecule has 39 heavy (non-hydrogen) atoms. The van der Waals surface area contributed by atoms with E-state index in [-0.39, 0.29) is 0 Å². The van der Waals surface area contributed by atoms with Crippen LogP contribution in [0.3, 0.4) is 0 Å². The summed E-state index contributed by atoms with van der Waals surface area (Å²) in [5.74, 6) is 4.91. The third-order valence-corrected chi connectivity index (χ3v) is 12.4. The van der Waals surface area contributed by atoms with Crippen molar-refractivity contribution >= 4 is 48.9 Å². The highest BCUT2D eigenvalue weighted by Crippen LogP contribution is 2.30. The average molecular weight is 571 g/mol. The summed E-state index contributed by atoms with van der Waals surface area (Å²) in [5.41, 5.74) is 4.51. The van der Waals surface area contributed by atoms with Crippen LogP contribution in [-0.4, -0.2) is 48.9 Å². The van der Waals surface area contributed by atoms with Crippen LogP contribution < -0.4 is 0 Å². The van der Waals surface area contributed by atoms with Gasteiger partial charge >= 0.3 is 0 Å². The zero-order chi connectivity index (χ0) is 29.0. The molecule has 0 bridgehead atoms. The SMILES string of the molecule is CCC([CH2][AlH2])C(C)c1ccccc1.CCC([CH2][AlH2])C(C)c1ccccc1.CCC([CH2][AlH2])C(C)c1ccccc1. The van der Waals surface area contributed by atoms with Gasteiger partial charge in [0.1, 0.15) is 0 Å². The number of rotatable bonds is 12. The zero-order valence-corrected chi connectivity index (χ0v) is 32.9. The summed E-state index contributed by atoms with van der Waals surface area (Å²) in [6.45, 7) is 14.0. The van der Waals surface area contributed by atoms with Crippen LogP contribution in [0.1, 0.15) is 95.2 Å². The third kappa shape index (κ3) is 13.2. The standard InChI is InChI=1S/3C12H17.3Al.6H/c3*1-4-10(2)11(3)12-8-6-5-7-9-12;;;;;;;;;/h3*5-11H,2,4H2,1,3H3;;;;;;;;;. The van der Waals surface area contributed by atoms with Gasteiger partial charge in [-0.3, -0.25) is 0 Å². The summed E-state index contributed by atoms with van der Waals surface area (Å²) in [4.78, 5) is 0. The first-order chi connectivity index (χ1) is 18.9. The van der Waals surface area contributed by atoms with Crippen molar-refractivity contribution in [3.8, 4) is 0 Å². The molecule has 0 amide bonds. The summed E-state index contributed by atoms with van der Waals surface area (Å²) in [5, 5.41) is 4.27. The van der Waals surface area contributed by atoms with E-state index in [0.717, 1.165) is 35.5 Å². The topological polar surface area (TPSA) is 0 Å². The van der Waals surface area contributed by atoms with E-state index in [1.807, 2.05) is 0 Å². The molecular formula is C36H57Al3. The molecule has 0 aliphatic heterocycles. The van der Waals surface area contributed by atoms with E-state index in [9.17, 15) is 0 Å². The fraction of sp³-hybridized carbons (Fsp3) is 0.500. The molecule has 0 saturated carbocycles. The summed E-state index contributed by atoms with van der Waals surface area (Å²) in [7, 11) is 0. The Morgan fingerprint density at radius 1 is 0.410 bits per heavy atom. The molecule has 210 valence electrons. The molecule has 3 rings (SSSR count). The van der Waals surface area contributed by atoms with Crippen molar-refractivity contribution < 1.29 is 0 Å². The molecule has 3 aromatic rings. The number of hydrogen-bond acceptors (Lipinski definition) is 0. The van der Waals surface area contributed by atoms with Crippen LogP contribution in [0.5, 0.6) is 0 Å². The fourth-order valence-corrected chi connectivity index (χ4v) is 9.93. The van der Waals surface area contributed by atoms with Gasteiger partial charge in [0.15, 0.2) is 0 Å². The molecule has 0 aliphatic rings. The minimum atomic E-state index is 0.740. The van der Waals surface area contributed by atoms with Crippen LogP contribution in [0.4, 0.5) is 0 Å². The van der Waals surface area contributed by atoms with E-state index in [2.05, 4.69) is 133 Å². The molecule has 0 N–H and O–H groups in total. The first kappa shape index (κ1) is 36.3. The van der Waals surface area contributed by atoms with Gasteiger partial charge in [0.05, 0.1) is 0 Å². The van der Waals surface area contributed by atoms with Crippen molar-refractivity contribution in [1.29, 1.82) is 0 Å². The lowest BCUT2D eigenvalue weighted by atomic mass is 9.87. The van der Waals surface area contributed by atoms with Gasteiger partial charge < -0.3 is 0 Å². The lowest BCUT2D eigenvalue weighted by Gasteiger charge is -2.21. The Balaban J connectivity index is 0.000000292. The highest BCUT2D eigenvalue weighted by atomic mass is 27.1. The Kier molecular flexibility index (Phi) is 20.4. The van der Waals surface area contributed by atoms with Crippen molar-refractivity contribution in [3.63, 3.8) is 0 Å². The fourth-order valence-electron chi connectivity index (χ4n) is 6.07. The summed E-state index contributed by atoms with van der Waals surface area (Å²) >= 11 is 3.99. The molecule has 0 fully saturated rings. The van der Waals surface area contributed by atoms with Gasteiger partial charge in [0.2, 0.25) is 48.9 Å². The van der Waals surface area contributed by atoms with Crippen molar-refractivity contribution in [1.82, 2.24) is 0 Å². The predicted molar refractivity (Wildman–Crippen MR) is 186 cm³/mol. The number of hydrogen-bond donors (Lipinski definition) is 0. The number of benzene rings is 3. The first-order valence-electron chi connectivity index (χ1n) is 16.0. The van der Waals surface area contributed by atoms with E-state index in [4.69, 9.17) is 0 Å². The summed E-state index contributed by atoms with van der Waals surface area (Å²) < 4.78 is 0. The molecule has 0 aromatic heterocycles. The zero-order valence-electron chi connectivity index (χ0n) is 26.9. The summed E-state index contributed by atoms with van der Waals surface area (Å²) in [6.07, 6.45) is 3.96. The van der Waals surface area contributed by atoms with Gasteiger partial charge in [-0.25, -0.2) is 0 Å². The van der Waals surface area contributed by atoms with Gasteiger partial charge in [-0.2, -0.15) is 0 Å². The van der Waals surface area contributed by atoms with E-state index in [1.165, 1.54) is 101 Å². The van der Waals surface area contributed by atoms with Crippen molar-refractivity contribution in [2.75, 3.05) is 0 Å². The molecule has 0 radical (unpaired) electrons. The van der Waals surface area contributed by atoms with Crippen LogP contribution in [0, 0.1) is 17.8 Å². The highest BCUT2D eigenvalue weighted by Gasteiger charge is 2.16. The van der Waals surface area contributed by atoms with Crippen LogP contribution in [-0.2, 0) is 0 Å². The largest absolute Gasteiger partial charge is 0.212 e. The molecule has 0 saturated heterocycles. The van der Waals surface area contributed by atoms with Gasteiger partial charge in [-0.05, 0) is 52.2 Å². The first-order valence-corrected chi connectivity index (χ1v) is 20.3. The molecule has 3 aromatic carbocycles. The Hall–Kier alpha value is -0.743.